The molecule has 3 atom stereocenters. The van der Waals surface area contributed by atoms with E-state index in [1.54, 1.807) is 0 Å². The molecule has 0 aliphatic carbocycles. The Bertz CT molecular complexity index is 343. The van der Waals surface area contributed by atoms with Crippen LogP contribution >= 0.6 is 15.9 Å². The summed E-state index contributed by atoms with van der Waals surface area (Å²) in [6, 6.07) is 5.44. The van der Waals surface area contributed by atoms with E-state index in [1.807, 2.05) is 12.1 Å². The quantitative estimate of drug-likeness (QED) is 0.906. The van der Waals surface area contributed by atoms with E-state index in [1.165, 1.54) is 0 Å². The predicted molar refractivity (Wildman–Crippen MR) is 68.5 cm³/mol. The lowest BCUT2D eigenvalue weighted by Gasteiger charge is -2.38. The number of nitrogens with zero attached hydrogens (tertiary/aromatic N) is 1. The van der Waals surface area contributed by atoms with Crippen molar-refractivity contribution in [3.8, 4) is 0 Å². The molecule has 1 saturated heterocycles. The molecule has 2 heterocycles. The summed E-state index contributed by atoms with van der Waals surface area (Å²) in [7, 11) is 0. The van der Waals surface area contributed by atoms with E-state index in [0.717, 1.165) is 23.5 Å². The highest BCUT2D eigenvalue weighted by Crippen LogP contribution is 2.26. The van der Waals surface area contributed by atoms with Gasteiger partial charge in [-0.1, -0.05) is 0 Å². The zero-order chi connectivity index (χ0) is 11.7. The number of piperazine rings is 1. The molecule has 0 spiro atoms. The van der Waals surface area contributed by atoms with Gasteiger partial charge in [-0.3, -0.25) is 4.90 Å². The second kappa shape index (κ2) is 4.90. The minimum Gasteiger partial charge on any atom is -0.453 e. The first-order valence-electron chi connectivity index (χ1n) is 5.81. The van der Waals surface area contributed by atoms with Gasteiger partial charge < -0.3 is 9.73 Å². The van der Waals surface area contributed by atoms with Crippen molar-refractivity contribution in [1.82, 2.24) is 10.2 Å². The van der Waals surface area contributed by atoms with Crippen LogP contribution in [0.5, 0.6) is 0 Å². The molecule has 90 valence electrons. The summed E-state index contributed by atoms with van der Waals surface area (Å²) in [4.78, 5) is 2.47. The van der Waals surface area contributed by atoms with Crippen molar-refractivity contribution < 1.29 is 4.42 Å². The van der Waals surface area contributed by atoms with E-state index in [2.05, 4.69) is 46.9 Å². The third-order valence-electron chi connectivity index (χ3n) is 3.14. The Kier molecular flexibility index (Phi) is 3.72. The lowest BCUT2D eigenvalue weighted by molar-refractivity contribution is 0.118. The van der Waals surface area contributed by atoms with Crippen molar-refractivity contribution in [1.29, 1.82) is 0 Å². The molecule has 3 unspecified atom stereocenters. The van der Waals surface area contributed by atoms with E-state index in [4.69, 9.17) is 4.42 Å². The summed E-state index contributed by atoms with van der Waals surface area (Å²) >= 11 is 3.35. The van der Waals surface area contributed by atoms with E-state index in [0.29, 0.717) is 18.1 Å². The largest absolute Gasteiger partial charge is 0.453 e. The molecule has 16 heavy (non-hydrogen) atoms. The standard InChI is InChI=1S/C12H19BrN2O/c1-8-6-15(7-9(2)14-8)10(3)11-4-5-12(13)16-11/h4-5,8-10,14H,6-7H2,1-3H3. The van der Waals surface area contributed by atoms with E-state index >= 15 is 0 Å². The molecule has 0 aromatic carbocycles. The van der Waals surface area contributed by atoms with Gasteiger partial charge in [-0.15, -0.1) is 0 Å². The number of hydrogen-bond acceptors (Lipinski definition) is 3. The smallest absolute Gasteiger partial charge is 0.169 e. The molecule has 0 amide bonds. The van der Waals surface area contributed by atoms with E-state index < -0.39 is 0 Å². The molecule has 1 N–H and O–H groups in total. The Morgan fingerprint density at radius 1 is 1.38 bits per heavy atom. The predicted octanol–water partition coefficient (Wildman–Crippen LogP) is 2.79. The van der Waals surface area contributed by atoms with Crippen molar-refractivity contribution in [2.24, 2.45) is 0 Å². The summed E-state index contributed by atoms with van der Waals surface area (Å²) in [6.45, 7) is 8.81. The SMILES string of the molecule is CC1CN(C(C)c2ccc(Br)o2)CC(C)N1. The topological polar surface area (TPSA) is 28.4 Å². The monoisotopic (exact) mass is 286 g/mol. The first-order chi connectivity index (χ1) is 7.56. The highest BCUT2D eigenvalue weighted by atomic mass is 79.9. The van der Waals surface area contributed by atoms with Gasteiger partial charge in [0, 0.05) is 25.2 Å². The minimum atomic E-state index is 0.346. The van der Waals surface area contributed by atoms with Crippen LogP contribution in [0.25, 0.3) is 0 Å². The molecule has 1 aromatic heterocycles. The van der Waals surface area contributed by atoms with Crippen LogP contribution in [0, 0.1) is 0 Å². The third-order valence-corrected chi connectivity index (χ3v) is 3.57. The van der Waals surface area contributed by atoms with Crippen LogP contribution in [0.15, 0.2) is 21.2 Å². The van der Waals surface area contributed by atoms with Gasteiger partial charge in [0.1, 0.15) is 5.76 Å². The van der Waals surface area contributed by atoms with Gasteiger partial charge in [0.25, 0.3) is 0 Å². The van der Waals surface area contributed by atoms with Crippen LogP contribution in [-0.4, -0.2) is 30.1 Å². The second-order valence-corrected chi connectivity index (χ2v) is 5.52. The Hall–Kier alpha value is -0.320. The molecule has 0 bridgehead atoms. The molecule has 1 aliphatic heterocycles. The number of hydrogen-bond donors (Lipinski definition) is 1. The van der Waals surface area contributed by atoms with E-state index in [-0.39, 0.29) is 0 Å². The van der Waals surface area contributed by atoms with Gasteiger partial charge in [-0.05, 0) is 48.8 Å². The minimum absolute atomic E-state index is 0.346. The van der Waals surface area contributed by atoms with Gasteiger partial charge in [0.15, 0.2) is 4.67 Å². The zero-order valence-corrected chi connectivity index (χ0v) is 11.6. The summed E-state index contributed by atoms with van der Waals surface area (Å²) in [5, 5.41) is 3.54. The fourth-order valence-corrected chi connectivity index (χ4v) is 2.74. The van der Waals surface area contributed by atoms with Crippen molar-refractivity contribution in [2.45, 2.75) is 38.9 Å². The maximum atomic E-state index is 5.62. The molecule has 1 aromatic rings. The van der Waals surface area contributed by atoms with Gasteiger partial charge >= 0.3 is 0 Å². The third kappa shape index (κ3) is 2.67. The van der Waals surface area contributed by atoms with E-state index in [9.17, 15) is 0 Å². The summed E-state index contributed by atoms with van der Waals surface area (Å²) in [6.07, 6.45) is 0. The summed E-state index contributed by atoms with van der Waals surface area (Å²) in [5.41, 5.74) is 0. The average Bonchev–Trinajstić information content (AvgIpc) is 2.62. The molecule has 4 heteroatoms. The van der Waals surface area contributed by atoms with Gasteiger partial charge in [-0.25, -0.2) is 0 Å². The molecule has 0 radical (unpaired) electrons. The van der Waals surface area contributed by atoms with Crippen molar-refractivity contribution in [3.05, 3.63) is 22.6 Å². The van der Waals surface area contributed by atoms with Crippen LogP contribution in [0.2, 0.25) is 0 Å². The molecule has 3 nitrogen and oxygen atoms in total. The Balaban J connectivity index is 2.06. The molecule has 1 fully saturated rings. The first-order valence-corrected chi connectivity index (χ1v) is 6.61. The summed E-state index contributed by atoms with van der Waals surface area (Å²) < 4.78 is 6.43. The van der Waals surface area contributed by atoms with Gasteiger partial charge in [0.2, 0.25) is 0 Å². The normalized spacial score (nSPS) is 29.2. The second-order valence-electron chi connectivity index (χ2n) is 4.74. The van der Waals surface area contributed by atoms with Gasteiger partial charge in [-0.2, -0.15) is 0 Å². The maximum absolute atomic E-state index is 5.62. The summed E-state index contributed by atoms with van der Waals surface area (Å²) in [5.74, 6) is 1.04. The number of halogens is 1. The Labute approximate surface area is 105 Å². The van der Waals surface area contributed by atoms with Crippen molar-refractivity contribution in [3.63, 3.8) is 0 Å². The van der Waals surface area contributed by atoms with Crippen molar-refractivity contribution >= 4 is 15.9 Å². The zero-order valence-electron chi connectivity index (χ0n) is 10.0. The highest BCUT2D eigenvalue weighted by Gasteiger charge is 2.26. The van der Waals surface area contributed by atoms with Crippen LogP contribution in [0.4, 0.5) is 0 Å². The number of furan rings is 1. The van der Waals surface area contributed by atoms with Gasteiger partial charge in [0.05, 0.1) is 6.04 Å². The Morgan fingerprint density at radius 3 is 2.50 bits per heavy atom. The van der Waals surface area contributed by atoms with Crippen LogP contribution in [0.3, 0.4) is 0 Å². The highest BCUT2D eigenvalue weighted by molar-refractivity contribution is 9.10. The molecular formula is C12H19BrN2O. The molecular weight excluding hydrogens is 268 g/mol. The molecule has 0 saturated carbocycles. The average molecular weight is 287 g/mol. The fourth-order valence-electron chi connectivity index (χ4n) is 2.42. The van der Waals surface area contributed by atoms with Crippen LogP contribution < -0.4 is 5.32 Å². The lowest BCUT2D eigenvalue weighted by atomic mass is 10.1. The maximum Gasteiger partial charge on any atom is 0.169 e. The Morgan fingerprint density at radius 2 is 2.00 bits per heavy atom. The van der Waals surface area contributed by atoms with Crippen molar-refractivity contribution in [2.75, 3.05) is 13.1 Å². The first kappa shape index (κ1) is 12.1. The molecule has 2 rings (SSSR count). The molecule has 1 aliphatic rings. The van der Waals surface area contributed by atoms with Crippen LogP contribution in [0.1, 0.15) is 32.6 Å². The lowest BCUT2D eigenvalue weighted by Crippen LogP contribution is -2.54. The van der Waals surface area contributed by atoms with Crippen LogP contribution in [-0.2, 0) is 0 Å². The number of nitrogens with one attached hydrogen (secondary N) is 1. The fraction of sp³-hybridized carbons (Fsp3) is 0.667. The number of rotatable bonds is 2.